The van der Waals surface area contributed by atoms with Gasteiger partial charge in [0, 0.05) is 22.4 Å². The van der Waals surface area contributed by atoms with Crippen molar-refractivity contribution in [3.8, 4) is 0 Å². The van der Waals surface area contributed by atoms with Crippen LogP contribution in [0.1, 0.15) is 19.8 Å². The average molecular weight is 336 g/mol. The van der Waals surface area contributed by atoms with E-state index in [1.165, 1.54) is 10.8 Å². The Kier molecular flexibility index (Phi) is 5.90. The van der Waals surface area contributed by atoms with Crippen LogP contribution in [0.15, 0.2) is 10.9 Å². The number of esters is 1. The number of carbonyl (C=O) groups is 1. The highest BCUT2D eigenvalue weighted by atomic mass is 79.9. The zero-order valence-corrected chi connectivity index (χ0v) is 11.9. The van der Waals surface area contributed by atoms with Crippen molar-refractivity contribution in [1.82, 2.24) is 9.55 Å². The lowest BCUT2D eigenvalue weighted by atomic mass is 10.3. The highest BCUT2D eigenvalue weighted by Gasteiger charge is 2.19. The minimum Gasteiger partial charge on any atom is -0.463 e. The minimum absolute atomic E-state index is 0.0425. The molecular formula is C10H14BrN3O5. The van der Waals surface area contributed by atoms with E-state index >= 15 is 0 Å². The molecule has 106 valence electrons. The van der Waals surface area contributed by atoms with Crippen LogP contribution >= 0.6 is 15.9 Å². The lowest BCUT2D eigenvalue weighted by Crippen LogP contribution is -2.23. The number of rotatable bonds is 7. The van der Waals surface area contributed by atoms with Crippen LogP contribution in [-0.4, -0.2) is 38.3 Å². The molecule has 0 spiro atoms. The molecule has 9 heteroatoms. The Balaban J connectivity index is 2.50. The number of nitro groups is 1. The number of aromatic nitrogens is 2. The fourth-order valence-electron chi connectivity index (χ4n) is 1.34. The second kappa shape index (κ2) is 7.19. The molecule has 0 fully saturated rings. The summed E-state index contributed by atoms with van der Waals surface area (Å²) in [6.07, 6.45) is 1.22. The predicted octanol–water partition coefficient (Wildman–Crippen LogP) is 1.26. The van der Waals surface area contributed by atoms with E-state index in [0.717, 1.165) is 0 Å². The highest BCUT2D eigenvalue weighted by Crippen LogP contribution is 2.16. The number of aliphatic hydroxyl groups excluding tert-OH is 1. The molecule has 1 aromatic heterocycles. The molecule has 1 rings (SSSR count). The van der Waals surface area contributed by atoms with Gasteiger partial charge in [-0.15, -0.1) is 0 Å². The number of hydrogen-bond acceptors (Lipinski definition) is 6. The van der Waals surface area contributed by atoms with Crippen LogP contribution in [0.4, 0.5) is 5.82 Å². The van der Waals surface area contributed by atoms with Crippen molar-refractivity contribution in [2.45, 2.75) is 32.4 Å². The van der Waals surface area contributed by atoms with Gasteiger partial charge in [-0.1, -0.05) is 6.92 Å². The van der Waals surface area contributed by atoms with E-state index in [0.29, 0.717) is 12.8 Å². The molecule has 1 unspecified atom stereocenters. The Hall–Kier alpha value is -1.48. The van der Waals surface area contributed by atoms with Crippen molar-refractivity contribution < 1.29 is 19.6 Å². The van der Waals surface area contributed by atoms with E-state index in [-0.39, 0.29) is 29.7 Å². The predicted molar refractivity (Wildman–Crippen MR) is 68.5 cm³/mol. The maximum absolute atomic E-state index is 11.1. The highest BCUT2D eigenvalue weighted by molar-refractivity contribution is 9.10. The number of ether oxygens (including phenoxy) is 1. The van der Waals surface area contributed by atoms with E-state index in [1.54, 1.807) is 0 Å². The Morgan fingerprint density at radius 3 is 2.95 bits per heavy atom. The third kappa shape index (κ3) is 4.95. The molecule has 1 N–H and O–H groups in total. The fraction of sp³-hybridized carbons (Fsp3) is 0.600. The van der Waals surface area contributed by atoms with E-state index in [4.69, 9.17) is 4.74 Å². The van der Waals surface area contributed by atoms with Gasteiger partial charge in [0.2, 0.25) is 0 Å². The van der Waals surface area contributed by atoms with Gasteiger partial charge in [0.25, 0.3) is 4.73 Å². The molecule has 19 heavy (non-hydrogen) atoms. The third-order valence-corrected chi connectivity index (χ3v) is 2.83. The number of aliphatic hydroxyl groups is 1. The third-order valence-electron chi connectivity index (χ3n) is 2.20. The summed E-state index contributed by atoms with van der Waals surface area (Å²) >= 11 is 3.05. The Bertz CT molecular complexity index is 462. The normalized spacial score (nSPS) is 12.2. The van der Waals surface area contributed by atoms with Gasteiger partial charge in [-0.25, -0.2) is 0 Å². The van der Waals surface area contributed by atoms with Crippen molar-refractivity contribution in [3.05, 3.63) is 21.0 Å². The van der Waals surface area contributed by atoms with Gasteiger partial charge in [0.05, 0.1) is 6.54 Å². The molecular weight excluding hydrogens is 322 g/mol. The first-order chi connectivity index (χ1) is 8.93. The maximum Gasteiger partial charge on any atom is 0.382 e. The summed E-state index contributed by atoms with van der Waals surface area (Å²) in [6, 6.07) is 0. The molecule has 1 aromatic rings. The van der Waals surface area contributed by atoms with E-state index in [9.17, 15) is 20.0 Å². The summed E-state index contributed by atoms with van der Waals surface area (Å²) in [7, 11) is 0. The van der Waals surface area contributed by atoms with Gasteiger partial charge in [0.15, 0.2) is 0 Å². The van der Waals surface area contributed by atoms with Crippen LogP contribution in [0.5, 0.6) is 0 Å². The number of imidazole rings is 1. The molecule has 1 atom stereocenters. The zero-order valence-electron chi connectivity index (χ0n) is 10.3. The molecule has 0 aliphatic heterocycles. The van der Waals surface area contributed by atoms with Crippen LogP contribution < -0.4 is 0 Å². The topological polar surface area (TPSA) is 107 Å². The molecule has 0 bridgehead atoms. The number of halogens is 1. The van der Waals surface area contributed by atoms with Gasteiger partial charge in [-0.3, -0.25) is 9.36 Å². The van der Waals surface area contributed by atoms with Crippen LogP contribution in [0.3, 0.4) is 0 Å². The van der Waals surface area contributed by atoms with Crippen molar-refractivity contribution in [1.29, 1.82) is 0 Å². The molecule has 0 aromatic carbocycles. The molecule has 0 aliphatic carbocycles. The minimum atomic E-state index is -0.953. The Labute approximate surface area is 117 Å². The van der Waals surface area contributed by atoms with E-state index in [1.807, 2.05) is 6.92 Å². The van der Waals surface area contributed by atoms with Gasteiger partial charge in [-0.2, -0.15) is 0 Å². The summed E-state index contributed by atoms with van der Waals surface area (Å²) in [4.78, 5) is 24.6. The maximum atomic E-state index is 11.1. The number of carbonyl (C=O) groups excluding carboxylic acids is 1. The van der Waals surface area contributed by atoms with Crippen LogP contribution in [0.25, 0.3) is 0 Å². The van der Waals surface area contributed by atoms with Gasteiger partial charge >= 0.3 is 11.8 Å². The van der Waals surface area contributed by atoms with Gasteiger partial charge in [0.1, 0.15) is 18.9 Å². The summed E-state index contributed by atoms with van der Waals surface area (Å²) in [5.74, 6) is -0.695. The summed E-state index contributed by atoms with van der Waals surface area (Å²) in [5.41, 5.74) is 0. The van der Waals surface area contributed by atoms with Crippen molar-refractivity contribution in [2.24, 2.45) is 0 Å². The van der Waals surface area contributed by atoms with Crippen LogP contribution in [0.2, 0.25) is 0 Å². The average Bonchev–Trinajstić information content (AvgIpc) is 2.69. The lowest BCUT2D eigenvalue weighted by Gasteiger charge is -2.11. The molecule has 0 saturated heterocycles. The van der Waals surface area contributed by atoms with Crippen molar-refractivity contribution in [3.63, 3.8) is 0 Å². The first-order valence-electron chi connectivity index (χ1n) is 5.64. The number of nitrogens with zero attached hydrogens (tertiary/aromatic N) is 3. The lowest BCUT2D eigenvalue weighted by molar-refractivity contribution is -0.389. The van der Waals surface area contributed by atoms with Crippen LogP contribution in [-0.2, 0) is 16.1 Å². The summed E-state index contributed by atoms with van der Waals surface area (Å²) < 4.78 is 6.44. The Morgan fingerprint density at radius 1 is 1.74 bits per heavy atom. The van der Waals surface area contributed by atoms with E-state index in [2.05, 4.69) is 20.9 Å². The van der Waals surface area contributed by atoms with Gasteiger partial charge < -0.3 is 20.0 Å². The summed E-state index contributed by atoms with van der Waals surface area (Å²) in [6.45, 7) is 1.73. The van der Waals surface area contributed by atoms with Crippen molar-refractivity contribution >= 4 is 27.7 Å². The quantitative estimate of drug-likeness (QED) is 0.456. The number of hydrogen-bond donors (Lipinski definition) is 1. The SMILES string of the molecule is CCCC(=O)OCC(O)Cn1cc([N+](=O)[O-])nc1Br. The summed E-state index contributed by atoms with van der Waals surface area (Å²) in [5, 5.41) is 20.2. The molecule has 0 saturated carbocycles. The van der Waals surface area contributed by atoms with Crippen molar-refractivity contribution in [2.75, 3.05) is 6.61 Å². The fourth-order valence-corrected chi connectivity index (χ4v) is 1.77. The first-order valence-corrected chi connectivity index (χ1v) is 6.44. The standard InChI is InChI=1S/C10H14BrN3O5/c1-2-3-9(16)19-6-7(15)4-13-5-8(14(17)18)12-10(13)11/h5,7,15H,2-4,6H2,1H3. The molecule has 0 amide bonds. The zero-order chi connectivity index (χ0) is 14.4. The molecule has 0 radical (unpaired) electrons. The second-order valence-corrected chi connectivity index (χ2v) is 4.57. The van der Waals surface area contributed by atoms with E-state index < -0.39 is 11.0 Å². The largest absolute Gasteiger partial charge is 0.463 e. The monoisotopic (exact) mass is 335 g/mol. The van der Waals surface area contributed by atoms with Gasteiger partial charge in [-0.05, 0) is 16.3 Å². The molecule has 0 aliphatic rings. The molecule has 1 heterocycles. The first kappa shape index (κ1) is 15.6. The second-order valence-electron chi connectivity index (χ2n) is 3.86. The smallest absolute Gasteiger partial charge is 0.382 e. The molecule has 8 nitrogen and oxygen atoms in total. The Morgan fingerprint density at radius 2 is 2.42 bits per heavy atom. The van der Waals surface area contributed by atoms with Crippen LogP contribution in [0, 0.1) is 10.1 Å².